The molecule has 0 aliphatic rings. The normalized spacial score (nSPS) is 11.5. The van der Waals surface area contributed by atoms with E-state index in [1.165, 1.54) is 122 Å². The number of rotatable bonds is 21. The van der Waals surface area contributed by atoms with Crippen LogP contribution < -0.4 is 0 Å². The third kappa shape index (κ3) is 23.9. The Kier molecular flexibility index (Phi) is 21.9. The molecular weight excluding hydrogens is 306 g/mol. The van der Waals surface area contributed by atoms with Crippen LogP contribution in [-0.4, -0.2) is 39.3 Å². The summed E-state index contributed by atoms with van der Waals surface area (Å²) >= 11 is 0. The Morgan fingerprint density at radius 1 is 0.440 bits per heavy atom. The number of ether oxygens (including phenoxy) is 1. The number of hydrogen-bond acceptors (Lipinski definition) is 2. The van der Waals surface area contributed by atoms with Crippen molar-refractivity contribution in [3.05, 3.63) is 0 Å². The van der Waals surface area contributed by atoms with Gasteiger partial charge in [0, 0.05) is 13.7 Å². The number of unbranched alkanes of at least 4 members (excludes halogenated alkanes) is 17. The van der Waals surface area contributed by atoms with Crippen LogP contribution in [-0.2, 0) is 4.74 Å². The molecule has 0 bridgehead atoms. The van der Waals surface area contributed by atoms with Gasteiger partial charge in [0.2, 0.25) is 0 Å². The first-order valence-corrected chi connectivity index (χ1v) is 11.4. The minimum atomic E-state index is 0.941. The summed E-state index contributed by atoms with van der Waals surface area (Å²) in [5, 5.41) is 0. The highest BCUT2D eigenvalue weighted by Crippen LogP contribution is 2.14. The average Bonchev–Trinajstić information content (AvgIpc) is 2.60. The molecule has 0 spiro atoms. The van der Waals surface area contributed by atoms with Crippen LogP contribution in [0.3, 0.4) is 0 Å². The van der Waals surface area contributed by atoms with Gasteiger partial charge >= 0.3 is 0 Å². The molecule has 0 aromatic carbocycles. The minimum absolute atomic E-state index is 0.941. The standard InChI is InChI=1S/C23H49NO/c1-24(2)22-20-18-16-14-12-10-8-6-4-5-7-9-11-13-15-17-19-21-23-25-3/h4-23H2,1-3H3. The van der Waals surface area contributed by atoms with E-state index >= 15 is 0 Å². The van der Waals surface area contributed by atoms with Gasteiger partial charge in [-0.15, -0.1) is 0 Å². The minimum Gasteiger partial charge on any atom is -0.385 e. The van der Waals surface area contributed by atoms with E-state index in [9.17, 15) is 0 Å². The van der Waals surface area contributed by atoms with Gasteiger partial charge in [-0.3, -0.25) is 0 Å². The lowest BCUT2D eigenvalue weighted by Gasteiger charge is -2.08. The molecular formula is C23H49NO. The predicted octanol–water partition coefficient (Wildman–Crippen LogP) is 7.22. The summed E-state index contributed by atoms with van der Waals surface area (Å²) in [6, 6.07) is 0. The van der Waals surface area contributed by atoms with E-state index in [0.717, 1.165) is 6.61 Å². The Labute approximate surface area is 160 Å². The molecule has 0 N–H and O–H groups in total. The Hall–Kier alpha value is -0.0800. The lowest BCUT2D eigenvalue weighted by atomic mass is 10.0. The van der Waals surface area contributed by atoms with Crippen LogP contribution in [0.5, 0.6) is 0 Å². The predicted molar refractivity (Wildman–Crippen MR) is 114 cm³/mol. The van der Waals surface area contributed by atoms with Crippen molar-refractivity contribution in [2.45, 2.75) is 116 Å². The second-order valence-corrected chi connectivity index (χ2v) is 8.16. The molecule has 2 nitrogen and oxygen atoms in total. The zero-order chi connectivity index (χ0) is 18.4. The Morgan fingerprint density at radius 3 is 1.00 bits per heavy atom. The fourth-order valence-electron chi connectivity index (χ4n) is 3.50. The zero-order valence-corrected chi connectivity index (χ0v) is 18.0. The van der Waals surface area contributed by atoms with Crippen molar-refractivity contribution in [2.24, 2.45) is 0 Å². The molecule has 0 saturated heterocycles. The first-order chi connectivity index (χ1) is 12.3. The summed E-state index contributed by atoms with van der Waals surface area (Å²) in [6.45, 7) is 2.20. The van der Waals surface area contributed by atoms with E-state index in [-0.39, 0.29) is 0 Å². The van der Waals surface area contributed by atoms with Crippen LogP contribution in [0.15, 0.2) is 0 Å². The van der Waals surface area contributed by atoms with Crippen molar-refractivity contribution >= 4 is 0 Å². The molecule has 152 valence electrons. The van der Waals surface area contributed by atoms with E-state index in [4.69, 9.17) is 4.74 Å². The van der Waals surface area contributed by atoms with E-state index in [2.05, 4.69) is 19.0 Å². The summed E-state index contributed by atoms with van der Waals surface area (Å²) < 4.78 is 5.08. The molecule has 0 rings (SSSR count). The van der Waals surface area contributed by atoms with Gasteiger partial charge in [-0.2, -0.15) is 0 Å². The van der Waals surface area contributed by atoms with Crippen molar-refractivity contribution in [2.75, 3.05) is 34.4 Å². The third-order valence-corrected chi connectivity index (χ3v) is 5.20. The van der Waals surface area contributed by atoms with Crippen molar-refractivity contribution in [3.8, 4) is 0 Å². The molecule has 25 heavy (non-hydrogen) atoms. The van der Waals surface area contributed by atoms with Crippen LogP contribution >= 0.6 is 0 Å². The van der Waals surface area contributed by atoms with Gasteiger partial charge in [-0.1, -0.05) is 103 Å². The van der Waals surface area contributed by atoms with Gasteiger partial charge in [0.1, 0.15) is 0 Å². The Morgan fingerprint density at radius 2 is 0.720 bits per heavy atom. The van der Waals surface area contributed by atoms with Gasteiger partial charge in [0.15, 0.2) is 0 Å². The SMILES string of the molecule is COCCCCCCCCCCCCCCCCCCCCN(C)C. The fraction of sp³-hybridized carbons (Fsp3) is 1.00. The highest BCUT2D eigenvalue weighted by Gasteiger charge is 1.95. The molecule has 0 aliphatic heterocycles. The van der Waals surface area contributed by atoms with E-state index in [0.29, 0.717) is 0 Å². The lowest BCUT2D eigenvalue weighted by Crippen LogP contribution is -2.12. The van der Waals surface area contributed by atoms with Gasteiger partial charge in [-0.25, -0.2) is 0 Å². The molecule has 0 amide bonds. The third-order valence-electron chi connectivity index (χ3n) is 5.20. The van der Waals surface area contributed by atoms with Crippen LogP contribution in [0.1, 0.15) is 116 Å². The topological polar surface area (TPSA) is 12.5 Å². The maximum absolute atomic E-state index is 5.08. The first-order valence-electron chi connectivity index (χ1n) is 11.4. The second-order valence-electron chi connectivity index (χ2n) is 8.16. The fourth-order valence-corrected chi connectivity index (χ4v) is 3.50. The van der Waals surface area contributed by atoms with Gasteiger partial charge < -0.3 is 9.64 Å². The summed E-state index contributed by atoms with van der Waals surface area (Å²) in [5.74, 6) is 0. The number of hydrogen-bond donors (Lipinski definition) is 0. The highest BCUT2D eigenvalue weighted by atomic mass is 16.5. The van der Waals surface area contributed by atoms with Crippen molar-refractivity contribution in [1.29, 1.82) is 0 Å². The van der Waals surface area contributed by atoms with Crippen LogP contribution in [0, 0.1) is 0 Å². The number of methoxy groups -OCH3 is 1. The molecule has 0 radical (unpaired) electrons. The molecule has 0 aliphatic carbocycles. The van der Waals surface area contributed by atoms with E-state index in [1.54, 1.807) is 7.11 Å². The summed E-state index contributed by atoms with van der Waals surface area (Å²) in [6.07, 6.45) is 25.8. The van der Waals surface area contributed by atoms with E-state index in [1.807, 2.05) is 0 Å². The number of nitrogens with zero attached hydrogens (tertiary/aromatic N) is 1. The van der Waals surface area contributed by atoms with Gasteiger partial charge in [-0.05, 0) is 33.5 Å². The Bertz CT molecular complexity index is 230. The summed E-state index contributed by atoms with van der Waals surface area (Å²) in [7, 11) is 6.15. The van der Waals surface area contributed by atoms with E-state index < -0.39 is 0 Å². The van der Waals surface area contributed by atoms with Crippen LogP contribution in [0.25, 0.3) is 0 Å². The summed E-state index contributed by atoms with van der Waals surface area (Å²) in [5.41, 5.74) is 0. The highest BCUT2D eigenvalue weighted by molar-refractivity contribution is 4.51. The summed E-state index contributed by atoms with van der Waals surface area (Å²) in [4.78, 5) is 2.30. The molecule has 0 aromatic rings. The Balaban J connectivity index is 2.96. The molecule has 0 aromatic heterocycles. The molecule has 0 unspecified atom stereocenters. The maximum Gasteiger partial charge on any atom is 0.0462 e. The zero-order valence-electron chi connectivity index (χ0n) is 18.0. The molecule has 0 heterocycles. The average molecular weight is 356 g/mol. The largest absolute Gasteiger partial charge is 0.385 e. The van der Waals surface area contributed by atoms with Crippen LogP contribution in [0.2, 0.25) is 0 Å². The lowest BCUT2D eigenvalue weighted by molar-refractivity contribution is 0.192. The maximum atomic E-state index is 5.08. The van der Waals surface area contributed by atoms with Gasteiger partial charge in [0.25, 0.3) is 0 Å². The van der Waals surface area contributed by atoms with Crippen molar-refractivity contribution in [1.82, 2.24) is 4.90 Å². The monoisotopic (exact) mass is 355 g/mol. The first kappa shape index (κ1) is 24.9. The quantitative estimate of drug-likeness (QED) is 0.202. The van der Waals surface area contributed by atoms with Crippen molar-refractivity contribution in [3.63, 3.8) is 0 Å². The van der Waals surface area contributed by atoms with Gasteiger partial charge in [0.05, 0.1) is 0 Å². The molecule has 2 heteroatoms. The molecule has 0 atom stereocenters. The smallest absolute Gasteiger partial charge is 0.0462 e. The molecule has 0 fully saturated rings. The van der Waals surface area contributed by atoms with Crippen LogP contribution in [0.4, 0.5) is 0 Å². The second kappa shape index (κ2) is 22.0. The van der Waals surface area contributed by atoms with Crippen molar-refractivity contribution < 1.29 is 4.74 Å². The molecule has 0 saturated carbocycles.